The number of esters is 1. The maximum absolute atomic E-state index is 14.1. The molecule has 8 heteroatoms. The van der Waals surface area contributed by atoms with E-state index in [-0.39, 0.29) is 51.0 Å². The number of rotatable bonds is 9. The van der Waals surface area contributed by atoms with Gasteiger partial charge in [0.1, 0.15) is 11.9 Å². The van der Waals surface area contributed by atoms with Gasteiger partial charge in [0.15, 0.2) is 5.78 Å². The first-order chi connectivity index (χ1) is 25.8. The summed E-state index contributed by atoms with van der Waals surface area (Å²) in [5, 5.41) is 13.4. The standard InChI is InChI=1S/C47H67N3O5/c1-27(2)38-33(51)25-47(22-23-48-26-37-49-31-12-10-11-13-32(31)50-37)21-20-45(8)28(39(38)47)14-15-35-44(7)18-17-36(43(5,6)34(44)16-19-46(35,45)9)55-41(54)30-24-29(40(52)53)42(30,3)4/h10-13,27-30,34-36,48H,14-26H2,1-9H3,(H,49,50)(H,52,53)/t28-,29+,30-,34+,35-,36+,44+,45-,46-,47-/m1/s1. The number of allylic oxidation sites excluding steroid dienone is 2. The number of ether oxygens (including phenoxy) is 1. The van der Waals surface area contributed by atoms with Gasteiger partial charge in [-0.3, -0.25) is 14.4 Å². The third kappa shape index (κ3) is 5.59. The molecule has 8 rings (SSSR count). The van der Waals surface area contributed by atoms with E-state index in [0.29, 0.717) is 42.9 Å². The molecule has 55 heavy (non-hydrogen) atoms. The molecule has 6 aliphatic carbocycles. The number of ketones is 1. The van der Waals surface area contributed by atoms with Crippen molar-refractivity contribution in [2.75, 3.05) is 6.54 Å². The van der Waals surface area contributed by atoms with Crippen molar-refractivity contribution in [1.29, 1.82) is 0 Å². The van der Waals surface area contributed by atoms with Crippen LogP contribution in [0, 0.1) is 68.0 Å². The molecule has 10 atom stereocenters. The van der Waals surface area contributed by atoms with Gasteiger partial charge in [0.05, 0.1) is 29.4 Å². The van der Waals surface area contributed by atoms with Gasteiger partial charge < -0.3 is 20.1 Å². The fraction of sp³-hybridized carbons (Fsp3) is 0.745. The van der Waals surface area contributed by atoms with Crippen molar-refractivity contribution in [1.82, 2.24) is 15.3 Å². The zero-order valence-electron chi connectivity index (χ0n) is 35.1. The molecule has 1 aromatic heterocycles. The molecule has 2 aromatic rings. The Labute approximate surface area is 328 Å². The number of carboxylic acid groups (broad SMARTS) is 1. The zero-order valence-corrected chi connectivity index (χ0v) is 35.1. The number of nitrogens with one attached hydrogen (secondary N) is 2. The van der Waals surface area contributed by atoms with Gasteiger partial charge in [0.2, 0.25) is 0 Å². The molecular weight excluding hydrogens is 687 g/mol. The first-order valence-corrected chi connectivity index (χ1v) is 21.7. The Morgan fingerprint density at radius 1 is 0.909 bits per heavy atom. The summed E-state index contributed by atoms with van der Waals surface area (Å²) in [5.74, 6) is 1.14. The number of carbonyl (C=O) groups excluding carboxylic acids is 2. The van der Waals surface area contributed by atoms with E-state index >= 15 is 0 Å². The van der Waals surface area contributed by atoms with Gasteiger partial charge in [-0.15, -0.1) is 0 Å². The van der Waals surface area contributed by atoms with Gasteiger partial charge in [-0.25, -0.2) is 4.98 Å². The lowest BCUT2D eigenvalue weighted by atomic mass is 9.33. The molecule has 0 aliphatic heterocycles. The third-order valence-electron chi connectivity index (χ3n) is 18.1. The van der Waals surface area contributed by atoms with Gasteiger partial charge in [-0.05, 0) is 134 Å². The summed E-state index contributed by atoms with van der Waals surface area (Å²) in [6.07, 6.45) is 10.6. The molecule has 0 saturated heterocycles. The van der Waals surface area contributed by atoms with E-state index in [1.807, 2.05) is 32.0 Å². The Morgan fingerprint density at radius 3 is 2.35 bits per heavy atom. The van der Waals surface area contributed by atoms with E-state index in [1.54, 1.807) is 5.57 Å². The number of hydrogen-bond acceptors (Lipinski definition) is 6. The zero-order chi connectivity index (χ0) is 39.5. The molecule has 8 nitrogen and oxygen atoms in total. The number of aliphatic carboxylic acids is 1. The second-order valence-electron chi connectivity index (χ2n) is 21.4. The second kappa shape index (κ2) is 13.0. The summed E-state index contributed by atoms with van der Waals surface area (Å²) >= 11 is 0. The number of hydrogen-bond donors (Lipinski definition) is 3. The summed E-state index contributed by atoms with van der Waals surface area (Å²) < 4.78 is 6.44. The lowest BCUT2D eigenvalue weighted by Crippen LogP contribution is -2.66. The Balaban J connectivity index is 1.01. The van der Waals surface area contributed by atoms with Crippen LogP contribution < -0.4 is 5.32 Å². The summed E-state index contributed by atoms with van der Waals surface area (Å²) in [6, 6.07) is 8.18. The first-order valence-electron chi connectivity index (χ1n) is 21.7. The molecule has 0 unspecified atom stereocenters. The number of nitrogens with zero attached hydrogens (tertiary/aromatic N) is 1. The monoisotopic (exact) mass is 754 g/mol. The lowest BCUT2D eigenvalue weighted by Gasteiger charge is -2.72. The van der Waals surface area contributed by atoms with Crippen molar-refractivity contribution in [3.63, 3.8) is 0 Å². The highest BCUT2D eigenvalue weighted by Gasteiger charge is 2.70. The van der Waals surface area contributed by atoms with E-state index in [1.165, 1.54) is 6.42 Å². The molecule has 0 amide bonds. The quantitative estimate of drug-likeness (QED) is 0.172. The van der Waals surface area contributed by atoms with Crippen LogP contribution in [0.3, 0.4) is 0 Å². The molecule has 5 saturated carbocycles. The summed E-state index contributed by atoms with van der Waals surface area (Å²) in [6.45, 7) is 22.4. The van der Waals surface area contributed by atoms with Crippen LogP contribution in [-0.4, -0.2) is 45.4 Å². The van der Waals surface area contributed by atoms with E-state index in [4.69, 9.17) is 9.72 Å². The Morgan fingerprint density at radius 2 is 1.65 bits per heavy atom. The van der Waals surface area contributed by atoms with Crippen molar-refractivity contribution in [2.24, 2.45) is 68.0 Å². The van der Waals surface area contributed by atoms with Crippen molar-refractivity contribution in [3.05, 3.63) is 41.2 Å². The van der Waals surface area contributed by atoms with Crippen molar-refractivity contribution < 1.29 is 24.2 Å². The van der Waals surface area contributed by atoms with E-state index in [9.17, 15) is 19.5 Å². The predicted octanol–water partition coefficient (Wildman–Crippen LogP) is 9.68. The van der Waals surface area contributed by atoms with Gasteiger partial charge >= 0.3 is 11.9 Å². The van der Waals surface area contributed by atoms with Crippen LogP contribution in [-0.2, 0) is 25.7 Å². The minimum absolute atomic E-state index is 0.0601. The number of carbonyl (C=O) groups is 3. The highest BCUT2D eigenvalue weighted by Crippen LogP contribution is 2.77. The van der Waals surface area contributed by atoms with Crippen molar-refractivity contribution >= 4 is 28.8 Å². The van der Waals surface area contributed by atoms with E-state index in [2.05, 4.69) is 64.8 Å². The van der Waals surface area contributed by atoms with Crippen LogP contribution in [0.1, 0.15) is 139 Å². The number of para-hydroxylation sites is 2. The molecule has 0 radical (unpaired) electrons. The maximum atomic E-state index is 14.1. The molecule has 1 heterocycles. The number of fused-ring (bicyclic) bond motifs is 8. The molecule has 6 aliphatic rings. The topological polar surface area (TPSA) is 121 Å². The minimum Gasteiger partial charge on any atom is -0.481 e. The largest absolute Gasteiger partial charge is 0.481 e. The number of benzene rings is 1. The van der Waals surface area contributed by atoms with Crippen LogP contribution in [0.4, 0.5) is 0 Å². The second-order valence-corrected chi connectivity index (χ2v) is 21.4. The Kier molecular flexibility index (Phi) is 9.19. The average Bonchev–Trinajstić information content (AvgIpc) is 3.65. The fourth-order valence-electron chi connectivity index (χ4n) is 14.8. The molecule has 3 N–H and O–H groups in total. The molecular formula is C47H67N3O5. The smallest absolute Gasteiger partial charge is 0.309 e. The van der Waals surface area contributed by atoms with Crippen LogP contribution in [0.25, 0.3) is 11.0 Å². The van der Waals surface area contributed by atoms with E-state index in [0.717, 1.165) is 80.3 Å². The highest BCUT2D eigenvalue weighted by atomic mass is 16.5. The summed E-state index contributed by atoms with van der Waals surface area (Å²) in [4.78, 5) is 47.7. The summed E-state index contributed by atoms with van der Waals surface area (Å²) in [7, 11) is 0. The number of aromatic nitrogens is 2. The third-order valence-corrected chi connectivity index (χ3v) is 18.1. The van der Waals surface area contributed by atoms with Crippen LogP contribution in [0.2, 0.25) is 0 Å². The molecule has 5 fully saturated rings. The van der Waals surface area contributed by atoms with Gasteiger partial charge in [-0.2, -0.15) is 0 Å². The maximum Gasteiger partial charge on any atom is 0.309 e. The minimum atomic E-state index is -0.816. The van der Waals surface area contributed by atoms with E-state index < -0.39 is 17.3 Å². The van der Waals surface area contributed by atoms with Crippen molar-refractivity contribution in [3.8, 4) is 0 Å². The number of Topliss-reactive ketones (excluding diaryl/α,β-unsaturated/α-hetero) is 1. The Bertz CT molecular complexity index is 1890. The Hall–Kier alpha value is -3.00. The van der Waals surface area contributed by atoms with Gasteiger partial charge in [-0.1, -0.05) is 80.0 Å². The molecule has 1 aromatic carbocycles. The first kappa shape index (κ1) is 38.9. The number of imidazole rings is 1. The fourth-order valence-corrected chi connectivity index (χ4v) is 14.8. The highest BCUT2D eigenvalue weighted by molar-refractivity contribution is 6.00. The lowest BCUT2D eigenvalue weighted by molar-refractivity contribution is -0.236. The molecule has 0 spiro atoms. The van der Waals surface area contributed by atoms with Crippen LogP contribution >= 0.6 is 0 Å². The predicted molar refractivity (Wildman–Crippen MR) is 215 cm³/mol. The molecule has 300 valence electrons. The van der Waals surface area contributed by atoms with Gasteiger partial charge in [0.25, 0.3) is 0 Å². The number of carboxylic acids is 1. The summed E-state index contributed by atoms with van der Waals surface area (Å²) in [5.41, 5.74) is 4.32. The normalized spacial score (nSPS) is 40.2. The van der Waals surface area contributed by atoms with Crippen LogP contribution in [0.5, 0.6) is 0 Å². The number of aromatic amines is 1. The van der Waals surface area contributed by atoms with Crippen molar-refractivity contribution in [2.45, 2.75) is 146 Å². The molecule has 0 bridgehead atoms. The average molecular weight is 754 g/mol. The van der Waals surface area contributed by atoms with Crippen LogP contribution in [0.15, 0.2) is 35.4 Å². The van der Waals surface area contributed by atoms with Gasteiger partial charge in [0, 0.05) is 17.3 Å². The number of H-pyrrole nitrogens is 1. The SMILES string of the molecule is CC(C)C1=C2[C@H]3CC[C@@H]4[C@@]5(C)CC[C@H](OC(=O)[C@H]6C[C@@H](C(=O)O)C6(C)C)C(C)(C)[C@@H]5CC[C@@]4(C)[C@]3(C)CC[C@@]2(CCNCc2nc3ccccc3[nH]2)CC1=O.